The van der Waals surface area contributed by atoms with E-state index in [9.17, 15) is 13.2 Å². The van der Waals surface area contributed by atoms with Crippen LogP contribution in [0.5, 0.6) is 0 Å². The number of hydrogen-bond donors (Lipinski definition) is 1. The van der Waals surface area contributed by atoms with Gasteiger partial charge in [0.1, 0.15) is 5.60 Å². The van der Waals surface area contributed by atoms with E-state index in [2.05, 4.69) is 11.9 Å². The van der Waals surface area contributed by atoms with E-state index >= 15 is 0 Å². The number of nitrogens with one attached hydrogen (secondary N) is 1. The van der Waals surface area contributed by atoms with E-state index in [-0.39, 0.29) is 17.5 Å². The van der Waals surface area contributed by atoms with Crippen molar-refractivity contribution in [3.8, 4) is 0 Å². The van der Waals surface area contributed by atoms with Crippen LogP contribution in [0.15, 0.2) is 41.3 Å². The van der Waals surface area contributed by atoms with Crippen molar-refractivity contribution in [1.29, 1.82) is 0 Å². The molecule has 0 spiro atoms. The molecule has 6 nitrogen and oxygen atoms in total. The average molecular weight is 369 g/mol. The number of carbonyl (C=O) groups is 1. The van der Waals surface area contributed by atoms with E-state index < -0.39 is 21.8 Å². The number of carbonyl (C=O) groups excluding carboxylic acids is 1. The first-order chi connectivity index (χ1) is 11.4. The largest absolute Gasteiger partial charge is 0.444 e. The van der Waals surface area contributed by atoms with Gasteiger partial charge < -0.3 is 10.1 Å². The maximum absolute atomic E-state index is 12.1. The van der Waals surface area contributed by atoms with Crippen molar-refractivity contribution >= 4 is 16.2 Å². The fraction of sp³-hybridized carbons (Fsp3) is 0.500. The van der Waals surface area contributed by atoms with Gasteiger partial charge >= 0.3 is 6.09 Å². The molecule has 0 aliphatic carbocycles. The highest BCUT2D eigenvalue weighted by Crippen LogP contribution is 2.15. The number of amides is 1. The van der Waals surface area contributed by atoms with E-state index in [0.29, 0.717) is 12.0 Å². The molecule has 1 aromatic rings. The summed E-state index contributed by atoms with van der Waals surface area (Å²) in [5.41, 5.74) is 1.02. The molecule has 7 heteroatoms. The Balaban J connectivity index is 2.48. The number of hydrogen-bond acceptors (Lipinski definition) is 5. The first-order valence-corrected chi connectivity index (χ1v) is 9.45. The van der Waals surface area contributed by atoms with Crippen LogP contribution in [0.2, 0.25) is 0 Å². The van der Waals surface area contributed by atoms with Crippen LogP contribution < -0.4 is 5.32 Å². The second-order valence-electron chi connectivity index (χ2n) is 6.87. The molecule has 0 saturated carbocycles. The summed E-state index contributed by atoms with van der Waals surface area (Å²) in [5, 5.41) is 2.66. The van der Waals surface area contributed by atoms with Crippen LogP contribution in [0.1, 0.15) is 39.7 Å². The summed E-state index contributed by atoms with van der Waals surface area (Å²) in [6, 6.07) is 6.07. The van der Waals surface area contributed by atoms with Crippen LogP contribution in [0, 0.1) is 6.92 Å². The summed E-state index contributed by atoms with van der Waals surface area (Å²) in [7, 11) is -3.80. The van der Waals surface area contributed by atoms with Crippen molar-refractivity contribution < 1.29 is 22.1 Å². The van der Waals surface area contributed by atoms with Gasteiger partial charge in [0.05, 0.1) is 17.5 Å². The molecule has 0 aliphatic heterocycles. The lowest BCUT2D eigenvalue weighted by molar-refractivity contribution is 0.0514. The Labute approximate surface area is 150 Å². The summed E-state index contributed by atoms with van der Waals surface area (Å²) < 4.78 is 34.4. The van der Waals surface area contributed by atoms with Crippen LogP contribution in [-0.2, 0) is 19.0 Å². The van der Waals surface area contributed by atoms with Crippen molar-refractivity contribution in [1.82, 2.24) is 5.32 Å². The van der Waals surface area contributed by atoms with E-state index in [1.165, 1.54) is 12.1 Å². The summed E-state index contributed by atoms with van der Waals surface area (Å²) in [4.78, 5) is 11.8. The van der Waals surface area contributed by atoms with E-state index in [1.807, 2.05) is 6.92 Å². The molecule has 1 atom stereocenters. The number of benzene rings is 1. The van der Waals surface area contributed by atoms with Crippen LogP contribution in [0.3, 0.4) is 0 Å². The molecule has 140 valence electrons. The first kappa shape index (κ1) is 21.2. The van der Waals surface area contributed by atoms with Crippen molar-refractivity contribution in [2.24, 2.45) is 0 Å². The molecule has 1 amide bonds. The number of aryl methyl sites for hydroxylation is 1. The molecule has 1 aromatic carbocycles. The summed E-state index contributed by atoms with van der Waals surface area (Å²) in [5.74, 6) is 0. The Bertz CT molecular complexity index is 702. The van der Waals surface area contributed by atoms with Crippen molar-refractivity contribution in [2.75, 3.05) is 6.61 Å². The molecule has 0 aromatic heterocycles. The van der Waals surface area contributed by atoms with Crippen molar-refractivity contribution in [3.05, 3.63) is 42.0 Å². The minimum Gasteiger partial charge on any atom is -0.444 e. The number of alkyl carbamates (subject to hydrolysis) is 1. The van der Waals surface area contributed by atoms with Gasteiger partial charge in [-0.25, -0.2) is 4.79 Å². The van der Waals surface area contributed by atoms with Gasteiger partial charge in [0.25, 0.3) is 10.1 Å². The molecular weight excluding hydrogens is 342 g/mol. The summed E-state index contributed by atoms with van der Waals surface area (Å²) in [6.07, 6.45) is -0.253. The average Bonchev–Trinajstić information content (AvgIpc) is 2.45. The topological polar surface area (TPSA) is 81.7 Å². The Morgan fingerprint density at radius 1 is 1.24 bits per heavy atom. The molecule has 1 unspecified atom stereocenters. The predicted molar refractivity (Wildman–Crippen MR) is 96.9 cm³/mol. The first-order valence-electron chi connectivity index (χ1n) is 8.04. The second-order valence-corrected chi connectivity index (χ2v) is 8.48. The second kappa shape index (κ2) is 8.49. The van der Waals surface area contributed by atoms with Crippen LogP contribution in [-0.4, -0.2) is 32.8 Å². The highest BCUT2D eigenvalue weighted by molar-refractivity contribution is 7.86. The van der Waals surface area contributed by atoms with Gasteiger partial charge in [-0.15, -0.1) is 0 Å². The Morgan fingerprint density at radius 2 is 1.80 bits per heavy atom. The lowest BCUT2D eigenvalue weighted by Gasteiger charge is -2.22. The molecule has 0 saturated heterocycles. The highest BCUT2D eigenvalue weighted by Gasteiger charge is 2.19. The quantitative estimate of drug-likeness (QED) is 0.587. The van der Waals surface area contributed by atoms with E-state index in [0.717, 1.165) is 5.56 Å². The van der Waals surface area contributed by atoms with Gasteiger partial charge in [-0.3, -0.25) is 4.18 Å². The summed E-state index contributed by atoms with van der Waals surface area (Å²) in [6.45, 7) is 12.8. The zero-order valence-corrected chi connectivity index (χ0v) is 16.3. The smallest absolute Gasteiger partial charge is 0.408 e. The lowest BCUT2D eigenvalue weighted by atomic mass is 10.1. The Morgan fingerprint density at radius 3 is 2.32 bits per heavy atom. The van der Waals surface area contributed by atoms with Gasteiger partial charge in [0.2, 0.25) is 0 Å². The van der Waals surface area contributed by atoms with Crippen LogP contribution >= 0.6 is 0 Å². The third-order valence-corrected chi connectivity index (χ3v) is 4.64. The van der Waals surface area contributed by atoms with Gasteiger partial charge in [0.15, 0.2) is 0 Å². The van der Waals surface area contributed by atoms with E-state index in [1.54, 1.807) is 39.8 Å². The third kappa shape index (κ3) is 7.70. The molecule has 1 N–H and O–H groups in total. The molecule has 1 rings (SSSR count). The van der Waals surface area contributed by atoms with Gasteiger partial charge in [-0.1, -0.05) is 29.8 Å². The van der Waals surface area contributed by atoms with Crippen LogP contribution in [0.4, 0.5) is 4.79 Å². The number of rotatable bonds is 7. The summed E-state index contributed by atoms with van der Waals surface area (Å²) >= 11 is 0. The fourth-order valence-electron chi connectivity index (χ4n) is 1.86. The fourth-order valence-corrected chi connectivity index (χ4v) is 2.77. The molecule has 0 bridgehead atoms. The molecule has 0 fully saturated rings. The third-order valence-electron chi connectivity index (χ3n) is 3.32. The zero-order chi connectivity index (χ0) is 19.3. The minimum atomic E-state index is -3.80. The molecule has 0 heterocycles. The van der Waals surface area contributed by atoms with Crippen LogP contribution in [0.25, 0.3) is 0 Å². The van der Waals surface area contributed by atoms with Crippen molar-refractivity contribution in [2.45, 2.75) is 57.6 Å². The maximum atomic E-state index is 12.1. The zero-order valence-electron chi connectivity index (χ0n) is 15.5. The standard InChI is InChI=1S/C18H27NO5S/c1-13-7-9-16(10-8-13)25(21,22)23-12-11-14(2)15(3)19-17(20)24-18(4,5)6/h7-10,15H,2,11-12H2,1,3-6H3,(H,19,20). The van der Waals surface area contributed by atoms with Crippen molar-refractivity contribution in [3.63, 3.8) is 0 Å². The highest BCUT2D eigenvalue weighted by atomic mass is 32.2. The van der Waals surface area contributed by atoms with Gasteiger partial charge in [-0.05, 0) is 53.2 Å². The Hall–Kier alpha value is -1.86. The molecule has 0 aliphatic rings. The SMILES string of the molecule is C=C(CCOS(=O)(=O)c1ccc(C)cc1)C(C)NC(=O)OC(C)(C)C. The molecule has 25 heavy (non-hydrogen) atoms. The van der Waals surface area contributed by atoms with Gasteiger partial charge in [-0.2, -0.15) is 8.42 Å². The lowest BCUT2D eigenvalue weighted by Crippen LogP contribution is -2.38. The normalized spacial score (nSPS) is 13.2. The van der Waals surface area contributed by atoms with E-state index in [4.69, 9.17) is 8.92 Å². The van der Waals surface area contributed by atoms with Gasteiger partial charge in [0, 0.05) is 0 Å². The molecule has 0 radical (unpaired) electrons. The molecular formula is C18H27NO5S. The monoisotopic (exact) mass is 369 g/mol. The Kier molecular flexibility index (Phi) is 7.19. The number of ether oxygens (including phenoxy) is 1. The maximum Gasteiger partial charge on any atom is 0.408 e. The predicted octanol–water partition coefficient (Wildman–Crippen LogP) is 3.56. The minimum absolute atomic E-state index is 0.0462.